The summed E-state index contributed by atoms with van der Waals surface area (Å²) < 4.78 is 22.4. The average Bonchev–Trinajstić information content (AvgIpc) is 3.01. The summed E-state index contributed by atoms with van der Waals surface area (Å²) >= 11 is 0. The zero-order valence-corrected chi connectivity index (χ0v) is 27.6. The Kier molecular flexibility index (Phi) is 14.9. The van der Waals surface area contributed by atoms with Crippen LogP contribution in [0.15, 0.2) is 66.7 Å². The minimum Gasteiger partial charge on any atom is -0.489 e. The third kappa shape index (κ3) is 12.3. The number of nitrogens with zero attached hydrogens (tertiary/aromatic N) is 4. The summed E-state index contributed by atoms with van der Waals surface area (Å²) in [4.78, 5) is 47.8. The van der Waals surface area contributed by atoms with Crippen LogP contribution in [0.25, 0.3) is 11.3 Å². The second-order valence-electron chi connectivity index (χ2n) is 11.3. The van der Waals surface area contributed by atoms with Gasteiger partial charge in [-0.1, -0.05) is 25.3 Å². The van der Waals surface area contributed by atoms with Crippen LogP contribution in [-0.2, 0) is 23.7 Å². The van der Waals surface area contributed by atoms with E-state index in [0.29, 0.717) is 66.8 Å². The van der Waals surface area contributed by atoms with Crippen molar-refractivity contribution < 1.29 is 33.3 Å². The van der Waals surface area contributed by atoms with E-state index in [1.807, 2.05) is 12.1 Å². The van der Waals surface area contributed by atoms with Gasteiger partial charge < -0.3 is 39.8 Å². The predicted octanol–water partition coefficient (Wildman–Crippen LogP) is 3.72. The smallest absolute Gasteiger partial charge is 0.410 e. The van der Waals surface area contributed by atoms with Crippen LogP contribution in [0.4, 0.5) is 10.6 Å². The van der Waals surface area contributed by atoms with Crippen molar-refractivity contribution in [2.24, 2.45) is 0 Å². The van der Waals surface area contributed by atoms with Gasteiger partial charge in [-0.15, -0.1) is 0 Å². The van der Waals surface area contributed by atoms with E-state index in [9.17, 15) is 14.4 Å². The molecule has 2 aromatic rings. The highest BCUT2D eigenvalue weighted by molar-refractivity contribution is 5.94. The highest BCUT2D eigenvalue weighted by Gasteiger charge is 2.22. The van der Waals surface area contributed by atoms with Gasteiger partial charge in [-0.3, -0.25) is 9.59 Å². The van der Waals surface area contributed by atoms with Crippen LogP contribution in [0.3, 0.4) is 0 Å². The van der Waals surface area contributed by atoms with Crippen LogP contribution in [0.1, 0.15) is 36.8 Å². The van der Waals surface area contributed by atoms with Gasteiger partial charge in [-0.2, -0.15) is 0 Å². The molecule has 13 heteroatoms. The molecule has 1 heterocycles. The summed E-state index contributed by atoms with van der Waals surface area (Å²) in [5.74, 6) is 0.529. The molecule has 0 bridgehead atoms. The third-order valence-corrected chi connectivity index (χ3v) is 6.29. The number of nitrogens with two attached hydrogens (primary N) is 1. The SMILES string of the molecule is C=C/C(NC=O)=C(/OCCOCCOCCN(C)C(=O)c1ccc(-c2cnc(N)c(C)n2)cc1)C(=C)CN(C)C(=O)OC(C)(C)C. The van der Waals surface area contributed by atoms with E-state index >= 15 is 0 Å². The number of benzene rings is 1. The number of carbonyl (C=O) groups is 3. The van der Waals surface area contributed by atoms with Crippen molar-refractivity contribution >= 4 is 24.2 Å². The standard InChI is InChI=1S/C33H46N6O7/c1-9-27(36-22-40)29(23(2)21-39(8)32(42)46-33(4,5)6)45-19-18-44-17-16-43-15-14-38(7)31(41)26-12-10-25(11-13-26)28-20-35-30(34)24(3)37-28/h9-13,20,22H,1-2,14-19,21H2,3-8H3,(H2,34,35)(H,36,40)/b29-27-. The molecule has 1 aromatic heterocycles. The number of allylic oxidation sites excluding steroid dienone is 1. The Hall–Kier alpha value is -4.75. The first kappa shape index (κ1) is 37.4. The van der Waals surface area contributed by atoms with Gasteiger partial charge in [0.05, 0.1) is 56.3 Å². The number of ether oxygens (including phenoxy) is 4. The van der Waals surface area contributed by atoms with Gasteiger partial charge in [0.25, 0.3) is 5.91 Å². The van der Waals surface area contributed by atoms with Gasteiger partial charge in [0.2, 0.25) is 6.41 Å². The molecular formula is C33H46N6O7. The summed E-state index contributed by atoms with van der Waals surface area (Å²) in [6.45, 7) is 16.7. The number of likely N-dealkylation sites (N-methyl/N-ethyl adjacent to an activating group) is 2. The molecule has 0 spiro atoms. The molecule has 1 aromatic carbocycles. The number of anilines is 1. The summed E-state index contributed by atoms with van der Waals surface area (Å²) in [5, 5.41) is 2.53. The van der Waals surface area contributed by atoms with Crippen molar-refractivity contribution in [1.82, 2.24) is 25.1 Å². The molecule has 0 aliphatic rings. The number of aromatic nitrogens is 2. The Morgan fingerprint density at radius 1 is 1.02 bits per heavy atom. The van der Waals surface area contributed by atoms with Gasteiger partial charge in [0.15, 0.2) is 0 Å². The molecule has 3 N–H and O–H groups in total. The molecule has 0 radical (unpaired) electrons. The Labute approximate surface area is 271 Å². The van der Waals surface area contributed by atoms with E-state index in [-0.39, 0.29) is 31.4 Å². The normalized spacial score (nSPS) is 11.6. The Morgan fingerprint density at radius 2 is 1.65 bits per heavy atom. The van der Waals surface area contributed by atoms with E-state index < -0.39 is 11.7 Å². The van der Waals surface area contributed by atoms with Crippen molar-refractivity contribution in [3.63, 3.8) is 0 Å². The molecule has 3 amide bonds. The van der Waals surface area contributed by atoms with E-state index in [0.717, 1.165) is 5.56 Å². The van der Waals surface area contributed by atoms with Crippen LogP contribution in [0, 0.1) is 6.92 Å². The van der Waals surface area contributed by atoms with E-state index in [4.69, 9.17) is 24.7 Å². The van der Waals surface area contributed by atoms with Crippen LogP contribution >= 0.6 is 0 Å². The summed E-state index contributed by atoms with van der Waals surface area (Å²) in [6, 6.07) is 7.15. The van der Waals surface area contributed by atoms with Crippen LogP contribution in [0.2, 0.25) is 0 Å². The molecule has 0 aliphatic heterocycles. The largest absolute Gasteiger partial charge is 0.489 e. The van der Waals surface area contributed by atoms with Crippen molar-refractivity contribution in [3.05, 3.63) is 78.0 Å². The number of hydrogen-bond acceptors (Lipinski definition) is 10. The van der Waals surface area contributed by atoms with Crippen molar-refractivity contribution in [2.45, 2.75) is 33.3 Å². The molecule has 250 valence electrons. The second-order valence-corrected chi connectivity index (χ2v) is 11.3. The molecule has 0 fully saturated rings. The number of carbonyl (C=O) groups excluding carboxylic acids is 3. The fourth-order valence-corrected chi connectivity index (χ4v) is 3.88. The predicted molar refractivity (Wildman–Crippen MR) is 176 cm³/mol. The topological polar surface area (TPSA) is 158 Å². The number of nitrogen functional groups attached to an aromatic ring is 1. The maximum Gasteiger partial charge on any atom is 0.410 e. The van der Waals surface area contributed by atoms with Gasteiger partial charge in [-0.25, -0.2) is 14.8 Å². The van der Waals surface area contributed by atoms with Crippen molar-refractivity contribution in [2.75, 3.05) is 66.0 Å². The van der Waals surface area contributed by atoms with Crippen molar-refractivity contribution in [1.29, 1.82) is 0 Å². The van der Waals surface area contributed by atoms with Crippen molar-refractivity contribution in [3.8, 4) is 11.3 Å². The van der Waals surface area contributed by atoms with Crippen LogP contribution < -0.4 is 11.1 Å². The number of hydrogen-bond donors (Lipinski definition) is 2. The van der Waals surface area contributed by atoms with Gasteiger partial charge in [0.1, 0.15) is 23.8 Å². The highest BCUT2D eigenvalue weighted by atomic mass is 16.6. The fraction of sp³-hybridized carbons (Fsp3) is 0.424. The third-order valence-electron chi connectivity index (χ3n) is 6.29. The molecule has 0 unspecified atom stereocenters. The first-order valence-electron chi connectivity index (χ1n) is 14.7. The molecule has 2 rings (SSSR count). The lowest BCUT2D eigenvalue weighted by atomic mass is 10.1. The summed E-state index contributed by atoms with van der Waals surface area (Å²) in [5.41, 5.74) is 8.55. The van der Waals surface area contributed by atoms with E-state index in [1.165, 1.54) is 11.0 Å². The van der Waals surface area contributed by atoms with Gasteiger partial charge in [-0.05, 0) is 45.9 Å². The zero-order chi connectivity index (χ0) is 34.3. The maximum absolute atomic E-state index is 12.8. The monoisotopic (exact) mass is 638 g/mol. The quantitative estimate of drug-likeness (QED) is 0.107. The lowest BCUT2D eigenvalue weighted by molar-refractivity contribution is -0.108. The Bertz CT molecular complexity index is 1390. The molecule has 46 heavy (non-hydrogen) atoms. The highest BCUT2D eigenvalue weighted by Crippen LogP contribution is 2.20. The number of amides is 3. The molecule has 0 atom stereocenters. The van der Waals surface area contributed by atoms with Crippen LogP contribution in [0.5, 0.6) is 0 Å². The van der Waals surface area contributed by atoms with E-state index in [1.54, 1.807) is 65.0 Å². The summed E-state index contributed by atoms with van der Waals surface area (Å²) in [7, 11) is 3.29. The first-order chi connectivity index (χ1) is 21.8. The second kappa shape index (κ2) is 18.3. The average molecular weight is 639 g/mol. The number of aryl methyl sites for hydroxylation is 1. The molecule has 0 saturated carbocycles. The fourth-order valence-electron chi connectivity index (χ4n) is 3.88. The lowest BCUT2D eigenvalue weighted by Crippen LogP contribution is -2.35. The van der Waals surface area contributed by atoms with Gasteiger partial charge >= 0.3 is 6.09 Å². The van der Waals surface area contributed by atoms with Crippen LogP contribution in [-0.4, -0.2) is 104 Å². The Morgan fingerprint density at radius 3 is 2.24 bits per heavy atom. The number of nitrogens with one attached hydrogen (secondary N) is 1. The molecule has 0 saturated heterocycles. The minimum absolute atomic E-state index is 0.0949. The summed E-state index contributed by atoms with van der Waals surface area (Å²) in [6.07, 6.45) is 3.00. The Balaban J connectivity index is 1.73. The van der Waals surface area contributed by atoms with E-state index in [2.05, 4.69) is 28.4 Å². The molecule has 0 aliphatic carbocycles. The van der Waals surface area contributed by atoms with Gasteiger partial charge in [0, 0.05) is 37.3 Å². The zero-order valence-electron chi connectivity index (χ0n) is 27.6. The number of rotatable bonds is 18. The molecule has 13 nitrogen and oxygen atoms in total. The maximum atomic E-state index is 12.8. The first-order valence-corrected chi connectivity index (χ1v) is 14.7. The lowest BCUT2D eigenvalue weighted by Gasteiger charge is -2.26. The molecular weight excluding hydrogens is 592 g/mol. The minimum atomic E-state index is -0.649.